The largest absolute Gasteiger partial charge is 0.478 e. The van der Waals surface area contributed by atoms with E-state index in [2.05, 4.69) is 17.5 Å². The van der Waals surface area contributed by atoms with Crippen LogP contribution in [0.25, 0.3) is 11.1 Å². The van der Waals surface area contributed by atoms with Crippen molar-refractivity contribution in [2.45, 2.75) is 6.18 Å². The van der Waals surface area contributed by atoms with Gasteiger partial charge in [0.15, 0.2) is 5.11 Å². The summed E-state index contributed by atoms with van der Waals surface area (Å²) in [6.45, 7) is 0. The summed E-state index contributed by atoms with van der Waals surface area (Å²) in [6, 6.07) is 8.87. The number of benzene rings is 2. The van der Waals surface area contributed by atoms with Gasteiger partial charge in [-0.25, -0.2) is 4.79 Å². The van der Waals surface area contributed by atoms with Crippen LogP contribution in [0.3, 0.4) is 0 Å². The van der Waals surface area contributed by atoms with Gasteiger partial charge in [-0.15, -0.1) is 0 Å². The molecule has 2 aromatic carbocycles. The van der Waals surface area contributed by atoms with E-state index >= 15 is 0 Å². The second-order valence-electron chi connectivity index (χ2n) is 4.57. The maximum atomic E-state index is 13.2. The van der Waals surface area contributed by atoms with Gasteiger partial charge in [-0.1, -0.05) is 30.3 Å². The molecule has 2 aromatic rings. The number of carboxylic acids is 1. The van der Waals surface area contributed by atoms with Gasteiger partial charge >= 0.3 is 12.1 Å². The van der Waals surface area contributed by atoms with Gasteiger partial charge in [0.25, 0.3) is 0 Å². The van der Waals surface area contributed by atoms with Crippen molar-refractivity contribution in [2.75, 3.05) is 5.32 Å². The van der Waals surface area contributed by atoms with Crippen LogP contribution in [0.5, 0.6) is 0 Å². The molecule has 0 saturated heterocycles. The van der Waals surface area contributed by atoms with Crippen LogP contribution in [-0.4, -0.2) is 16.2 Å². The minimum Gasteiger partial charge on any atom is -0.478 e. The van der Waals surface area contributed by atoms with Gasteiger partial charge in [0.1, 0.15) is 0 Å². The molecule has 23 heavy (non-hydrogen) atoms. The average molecular weight is 340 g/mol. The molecule has 0 bridgehead atoms. The number of aromatic carboxylic acids is 1. The second-order valence-corrected chi connectivity index (χ2v) is 5.01. The van der Waals surface area contributed by atoms with Gasteiger partial charge < -0.3 is 16.2 Å². The van der Waals surface area contributed by atoms with Crippen LogP contribution in [0.15, 0.2) is 42.5 Å². The maximum Gasteiger partial charge on any atom is 0.417 e. The molecular formula is C15H11F3N2O2S. The number of halogens is 3. The molecule has 120 valence electrons. The molecule has 0 amide bonds. The van der Waals surface area contributed by atoms with E-state index in [0.29, 0.717) is 0 Å². The van der Waals surface area contributed by atoms with Gasteiger partial charge in [0.2, 0.25) is 0 Å². The molecule has 0 heterocycles. The number of hydrogen-bond acceptors (Lipinski definition) is 2. The first kappa shape index (κ1) is 16.8. The fourth-order valence-corrected chi connectivity index (χ4v) is 2.32. The monoisotopic (exact) mass is 340 g/mol. The summed E-state index contributed by atoms with van der Waals surface area (Å²) in [7, 11) is 0. The Morgan fingerprint density at radius 2 is 1.70 bits per heavy atom. The van der Waals surface area contributed by atoms with Crippen molar-refractivity contribution in [3.8, 4) is 11.1 Å². The number of hydrogen-bond donors (Lipinski definition) is 3. The number of alkyl halides is 3. The molecule has 4 N–H and O–H groups in total. The van der Waals surface area contributed by atoms with Gasteiger partial charge in [-0.3, -0.25) is 0 Å². The van der Waals surface area contributed by atoms with E-state index in [-0.39, 0.29) is 27.5 Å². The maximum absolute atomic E-state index is 13.2. The van der Waals surface area contributed by atoms with E-state index < -0.39 is 17.7 Å². The lowest BCUT2D eigenvalue weighted by atomic mass is 9.94. The number of thiocarbonyl (C=S) groups is 1. The first-order chi connectivity index (χ1) is 10.7. The zero-order chi connectivity index (χ0) is 17.2. The van der Waals surface area contributed by atoms with Crippen molar-refractivity contribution in [3.63, 3.8) is 0 Å². The Morgan fingerprint density at radius 1 is 1.09 bits per heavy atom. The van der Waals surface area contributed by atoms with Crippen molar-refractivity contribution in [3.05, 3.63) is 53.6 Å². The SMILES string of the molecule is NC(=S)Nc1cccc(-c2ccccc2C(F)(F)F)c1C(=O)O. The third-order valence-corrected chi connectivity index (χ3v) is 3.16. The molecule has 0 radical (unpaired) electrons. The fraction of sp³-hybridized carbons (Fsp3) is 0.0667. The summed E-state index contributed by atoms with van der Waals surface area (Å²) in [5, 5.41) is 11.7. The topological polar surface area (TPSA) is 75.3 Å². The standard InChI is InChI=1S/C15H11F3N2O2S/c16-15(17,18)10-6-2-1-4-8(10)9-5-3-7-11(20-14(19)23)12(9)13(21)22/h1-7H,(H,21,22)(H3,19,20,23). The molecule has 0 spiro atoms. The Bertz CT molecular complexity index is 776. The minimum absolute atomic E-state index is 0.0273. The van der Waals surface area contributed by atoms with Crippen LogP contribution >= 0.6 is 12.2 Å². The van der Waals surface area contributed by atoms with Crippen molar-refractivity contribution >= 4 is 29.0 Å². The smallest absolute Gasteiger partial charge is 0.417 e. The number of anilines is 1. The zero-order valence-corrected chi connectivity index (χ0v) is 12.3. The Labute approximate surface area is 134 Å². The van der Waals surface area contributed by atoms with Crippen molar-refractivity contribution in [1.82, 2.24) is 0 Å². The predicted molar refractivity (Wildman–Crippen MR) is 84.2 cm³/mol. The van der Waals surface area contributed by atoms with Crippen LogP contribution in [0.4, 0.5) is 18.9 Å². The highest BCUT2D eigenvalue weighted by atomic mass is 32.1. The molecule has 0 aliphatic carbocycles. The van der Waals surface area contributed by atoms with E-state index in [0.717, 1.165) is 6.07 Å². The molecule has 0 aliphatic heterocycles. The number of nitrogens with two attached hydrogens (primary N) is 1. The summed E-state index contributed by atoms with van der Waals surface area (Å²) >= 11 is 4.66. The number of carbonyl (C=O) groups is 1. The summed E-state index contributed by atoms with van der Waals surface area (Å²) in [5.41, 5.74) is 3.79. The van der Waals surface area contributed by atoms with E-state index in [1.165, 1.54) is 36.4 Å². The van der Waals surface area contributed by atoms with Gasteiger partial charge in [-0.2, -0.15) is 13.2 Å². The van der Waals surface area contributed by atoms with Crippen LogP contribution in [-0.2, 0) is 6.18 Å². The molecule has 0 fully saturated rings. The van der Waals surface area contributed by atoms with Crippen LogP contribution in [0, 0.1) is 0 Å². The summed E-state index contributed by atoms with van der Waals surface area (Å²) in [4.78, 5) is 11.6. The van der Waals surface area contributed by atoms with Crippen molar-refractivity contribution < 1.29 is 23.1 Å². The Hall–Kier alpha value is -2.61. The lowest BCUT2D eigenvalue weighted by molar-refractivity contribution is -0.137. The first-order valence-corrected chi connectivity index (χ1v) is 6.72. The van der Waals surface area contributed by atoms with E-state index in [1.807, 2.05) is 0 Å². The average Bonchev–Trinajstić information content (AvgIpc) is 2.45. The highest BCUT2D eigenvalue weighted by molar-refractivity contribution is 7.80. The predicted octanol–water partition coefficient (Wildman–Crippen LogP) is 3.73. The normalized spacial score (nSPS) is 11.1. The Kier molecular flexibility index (Phi) is 4.55. The van der Waals surface area contributed by atoms with Crippen molar-refractivity contribution in [2.24, 2.45) is 5.73 Å². The first-order valence-electron chi connectivity index (χ1n) is 6.31. The van der Waals surface area contributed by atoms with Gasteiger partial charge in [-0.05, 0) is 35.5 Å². The molecule has 0 aliphatic rings. The third kappa shape index (κ3) is 3.59. The Morgan fingerprint density at radius 3 is 2.26 bits per heavy atom. The molecule has 2 rings (SSSR count). The van der Waals surface area contributed by atoms with Gasteiger partial charge in [0.05, 0.1) is 16.8 Å². The molecule has 0 saturated carbocycles. The molecule has 0 atom stereocenters. The molecular weight excluding hydrogens is 329 g/mol. The van der Waals surface area contributed by atoms with E-state index in [9.17, 15) is 23.1 Å². The highest BCUT2D eigenvalue weighted by Gasteiger charge is 2.34. The summed E-state index contributed by atoms with van der Waals surface area (Å²) in [5.74, 6) is -1.39. The highest BCUT2D eigenvalue weighted by Crippen LogP contribution is 2.39. The number of nitrogens with one attached hydrogen (secondary N) is 1. The molecule has 4 nitrogen and oxygen atoms in total. The lowest BCUT2D eigenvalue weighted by Gasteiger charge is -2.16. The molecule has 8 heteroatoms. The third-order valence-electron chi connectivity index (χ3n) is 3.06. The Balaban J connectivity index is 2.75. The summed E-state index contributed by atoms with van der Waals surface area (Å²) < 4.78 is 39.5. The fourth-order valence-electron chi connectivity index (χ4n) is 2.21. The lowest BCUT2D eigenvalue weighted by Crippen LogP contribution is -2.21. The van der Waals surface area contributed by atoms with E-state index in [1.54, 1.807) is 0 Å². The van der Waals surface area contributed by atoms with Crippen LogP contribution in [0.2, 0.25) is 0 Å². The van der Waals surface area contributed by atoms with Crippen LogP contribution < -0.4 is 11.1 Å². The number of carboxylic acid groups (broad SMARTS) is 1. The molecule has 0 aromatic heterocycles. The zero-order valence-electron chi connectivity index (χ0n) is 11.5. The van der Waals surface area contributed by atoms with E-state index in [4.69, 9.17) is 5.73 Å². The summed E-state index contributed by atoms with van der Waals surface area (Å²) in [6.07, 6.45) is -4.61. The second kappa shape index (κ2) is 6.25. The molecule has 0 unspecified atom stereocenters. The van der Waals surface area contributed by atoms with Crippen molar-refractivity contribution in [1.29, 1.82) is 0 Å². The van der Waals surface area contributed by atoms with Gasteiger partial charge in [0, 0.05) is 0 Å². The number of rotatable bonds is 3. The van der Waals surface area contributed by atoms with Crippen LogP contribution in [0.1, 0.15) is 15.9 Å². The minimum atomic E-state index is -4.61. The quantitative estimate of drug-likeness (QED) is 0.743.